The molecule has 176 valence electrons. The maximum absolute atomic E-state index is 14.9. The van der Waals surface area contributed by atoms with Crippen LogP contribution >= 0.6 is 22.9 Å². The lowest BCUT2D eigenvalue weighted by Crippen LogP contribution is -2.05. The van der Waals surface area contributed by atoms with Crippen LogP contribution in [0.5, 0.6) is 11.6 Å². The zero-order valence-corrected chi connectivity index (χ0v) is 19.5. The molecular weight excluding hydrogens is 498 g/mol. The molecule has 0 spiro atoms. The number of rotatable bonds is 5. The Kier molecular flexibility index (Phi) is 5.66. The van der Waals surface area contributed by atoms with Gasteiger partial charge in [0.15, 0.2) is 16.6 Å². The molecule has 2 N–H and O–H groups in total. The SMILES string of the molecule is Cc1ccc(C(=O)c2c(O)c(O)n(-c3nc(-c4ccc(Cl)cc4)cs3)c2-c2ccc(F)cc2F)o1. The summed E-state index contributed by atoms with van der Waals surface area (Å²) in [5.41, 5.74) is 0.412. The number of thiazole rings is 1. The zero-order chi connectivity index (χ0) is 24.9. The van der Waals surface area contributed by atoms with E-state index in [4.69, 9.17) is 16.0 Å². The van der Waals surface area contributed by atoms with E-state index in [-0.39, 0.29) is 22.1 Å². The molecule has 35 heavy (non-hydrogen) atoms. The van der Waals surface area contributed by atoms with Crippen molar-refractivity contribution in [3.05, 3.63) is 93.7 Å². The van der Waals surface area contributed by atoms with E-state index >= 15 is 0 Å². The summed E-state index contributed by atoms with van der Waals surface area (Å²) in [5.74, 6) is -3.82. The summed E-state index contributed by atoms with van der Waals surface area (Å²) in [4.78, 5) is 17.8. The van der Waals surface area contributed by atoms with E-state index < -0.39 is 34.6 Å². The van der Waals surface area contributed by atoms with E-state index in [1.165, 1.54) is 6.07 Å². The Morgan fingerprint density at radius 3 is 2.49 bits per heavy atom. The lowest BCUT2D eigenvalue weighted by atomic mass is 10.0. The van der Waals surface area contributed by atoms with Gasteiger partial charge in [-0.25, -0.2) is 13.8 Å². The van der Waals surface area contributed by atoms with Crippen molar-refractivity contribution in [3.8, 4) is 39.3 Å². The summed E-state index contributed by atoms with van der Waals surface area (Å²) in [6, 6.07) is 12.6. The number of nitrogens with zero attached hydrogens (tertiary/aromatic N) is 2. The summed E-state index contributed by atoms with van der Waals surface area (Å²) >= 11 is 7.04. The van der Waals surface area contributed by atoms with Gasteiger partial charge >= 0.3 is 0 Å². The van der Waals surface area contributed by atoms with Gasteiger partial charge in [-0.3, -0.25) is 9.36 Å². The van der Waals surface area contributed by atoms with Crippen LogP contribution in [0.3, 0.4) is 0 Å². The number of halogens is 3. The van der Waals surface area contributed by atoms with Crippen molar-refractivity contribution in [1.29, 1.82) is 0 Å². The van der Waals surface area contributed by atoms with Crippen molar-refractivity contribution in [2.45, 2.75) is 6.92 Å². The minimum atomic E-state index is -0.997. The lowest BCUT2D eigenvalue weighted by Gasteiger charge is -2.10. The third kappa shape index (κ3) is 3.98. The molecule has 0 amide bonds. The first kappa shape index (κ1) is 22.8. The number of carbonyl (C=O) groups is 1. The fourth-order valence-corrected chi connectivity index (χ4v) is 4.65. The maximum atomic E-state index is 14.9. The fraction of sp³-hybridized carbons (Fsp3) is 0.0400. The number of ketones is 1. The standard InChI is InChI=1S/C25H15ClF2N2O4S/c1-12-2-9-19(34-12)22(31)20-21(16-8-7-15(27)10-17(16)28)30(24(33)23(20)32)25-29-18(11-35-25)13-3-5-14(26)6-4-13/h2-11,32-33H,1H3. The molecule has 3 heterocycles. The monoisotopic (exact) mass is 512 g/mol. The van der Waals surface area contributed by atoms with Crippen LogP contribution in [0.2, 0.25) is 5.02 Å². The van der Waals surface area contributed by atoms with E-state index in [1.54, 1.807) is 42.6 Å². The Labute approximate surface area is 206 Å². The molecule has 10 heteroatoms. The third-order valence-electron chi connectivity index (χ3n) is 5.32. The summed E-state index contributed by atoms with van der Waals surface area (Å²) in [7, 11) is 0. The second-order valence-corrected chi connectivity index (χ2v) is 8.89. The molecule has 2 aromatic carbocycles. The lowest BCUT2D eigenvalue weighted by molar-refractivity contribution is 0.101. The molecule has 6 nitrogen and oxygen atoms in total. The quantitative estimate of drug-likeness (QED) is 0.254. The first-order valence-corrected chi connectivity index (χ1v) is 11.5. The Hall–Kier alpha value is -3.95. The Bertz CT molecular complexity index is 1590. The van der Waals surface area contributed by atoms with E-state index in [0.29, 0.717) is 22.5 Å². The summed E-state index contributed by atoms with van der Waals surface area (Å²) in [5, 5.41) is 24.0. The molecule has 3 aromatic heterocycles. The van der Waals surface area contributed by atoms with Crippen LogP contribution in [0.15, 0.2) is 64.4 Å². The predicted octanol–water partition coefficient (Wildman–Crippen LogP) is 6.74. The fourth-order valence-electron chi connectivity index (χ4n) is 3.69. The highest BCUT2D eigenvalue weighted by Gasteiger charge is 2.33. The topological polar surface area (TPSA) is 88.5 Å². The predicted molar refractivity (Wildman–Crippen MR) is 127 cm³/mol. The summed E-state index contributed by atoms with van der Waals surface area (Å²) in [6.45, 7) is 1.63. The van der Waals surface area contributed by atoms with Crippen molar-refractivity contribution in [2.75, 3.05) is 0 Å². The Morgan fingerprint density at radius 2 is 1.83 bits per heavy atom. The van der Waals surface area contributed by atoms with Gasteiger partial charge in [-0.15, -0.1) is 11.3 Å². The van der Waals surface area contributed by atoms with Gasteiger partial charge in [0.05, 0.1) is 17.0 Å². The van der Waals surface area contributed by atoms with Crippen molar-refractivity contribution in [2.24, 2.45) is 0 Å². The largest absolute Gasteiger partial charge is 0.503 e. The smallest absolute Gasteiger partial charge is 0.242 e. The van der Waals surface area contributed by atoms with Gasteiger partial charge in [0, 0.05) is 27.6 Å². The number of aromatic nitrogens is 2. The highest BCUT2D eigenvalue weighted by Crippen LogP contribution is 2.45. The summed E-state index contributed by atoms with van der Waals surface area (Å²) in [6.07, 6.45) is 0. The molecule has 0 aliphatic rings. The van der Waals surface area contributed by atoms with Crippen LogP contribution in [0.1, 0.15) is 21.9 Å². The third-order valence-corrected chi connectivity index (χ3v) is 6.40. The molecule has 0 atom stereocenters. The first-order chi connectivity index (χ1) is 16.7. The number of aromatic hydroxyl groups is 2. The summed E-state index contributed by atoms with van der Waals surface area (Å²) < 4.78 is 35.1. The van der Waals surface area contributed by atoms with Gasteiger partial charge < -0.3 is 14.6 Å². The van der Waals surface area contributed by atoms with E-state index in [9.17, 15) is 23.8 Å². The van der Waals surface area contributed by atoms with Crippen molar-refractivity contribution in [3.63, 3.8) is 0 Å². The van der Waals surface area contributed by atoms with Crippen LogP contribution < -0.4 is 0 Å². The highest BCUT2D eigenvalue weighted by atomic mass is 35.5. The molecule has 0 unspecified atom stereocenters. The van der Waals surface area contributed by atoms with Crippen LogP contribution in [-0.2, 0) is 0 Å². The number of hydrogen-bond donors (Lipinski definition) is 2. The minimum absolute atomic E-state index is 0.125. The van der Waals surface area contributed by atoms with Gasteiger partial charge in [0.1, 0.15) is 17.4 Å². The molecule has 0 bridgehead atoms. The highest BCUT2D eigenvalue weighted by molar-refractivity contribution is 7.12. The second-order valence-electron chi connectivity index (χ2n) is 7.62. The second kappa shape index (κ2) is 8.68. The number of carbonyl (C=O) groups excluding carboxylic acids is 1. The molecule has 0 radical (unpaired) electrons. The van der Waals surface area contributed by atoms with Crippen molar-refractivity contribution >= 4 is 28.7 Å². The van der Waals surface area contributed by atoms with Crippen molar-refractivity contribution < 1.29 is 28.2 Å². The molecule has 5 aromatic rings. The number of hydrogen-bond acceptors (Lipinski definition) is 6. The molecule has 0 saturated carbocycles. The molecule has 0 fully saturated rings. The molecule has 0 saturated heterocycles. The normalized spacial score (nSPS) is 11.2. The number of aryl methyl sites for hydroxylation is 1. The zero-order valence-electron chi connectivity index (χ0n) is 17.9. The van der Waals surface area contributed by atoms with E-state index in [1.807, 2.05) is 0 Å². The first-order valence-electron chi connectivity index (χ1n) is 10.2. The van der Waals surface area contributed by atoms with Crippen LogP contribution in [0, 0.1) is 18.6 Å². The Morgan fingerprint density at radius 1 is 1.09 bits per heavy atom. The molecule has 5 rings (SSSR count). The van der Waals surface area contributed by atoms with Crippen molar-refractivity contribution in [1.82, 2.24) is 9.55 Å². The molecule has 0 aliphatic heterocycles. The van der Waals surface area contributed by atoms with Crippen LogP contribution in [0.25, 0.3) is 27.6 Å². The van der Waals surface area contributed by atoms with E-state index in [2.05, 4.69) is 4.98 Å². The van der Waals surface area contributed by atoms with Gasteiger partial charge in [-0.1, -0.05) is 23.7 Å². The Balaban J connectivity index is 1.75. The van der Waals surface area contributed by atoms with Gasteiger partial charge in [0.2, 0.25) is 11.7 Å². The minimum Gasteiger partial charge on any atom is -0.503 e. The van der Waals surface area contributed by atoms with Gasteiger partial charge in [0.25, 0.3) is 0 Å². The molecular formula is C25H15ClF2N2O4S. The number of benzene rings is 2. The van der Waals surface area contributed by atoms with Crippen LogP contribution in [0.4, 0.5) is 8.78 Å². The van der Waals surface area contributed by atoms with E-state index in [0.717, 1.165) is 33.6 Å². The maximum Gasteiger partial charge on any atom is 0.242 e. The molecule has 0 aliphatic carbocycles. The van der Waals surface area contributed by atoms with Gasteiger partial charge in [-0.05, 0) is 43.3 Å². The van der Waals surface area contributed by atoms with Crippen LogP contribution in [-0.4, -0.2) is 25.5 Å². The average molecular weight is 513 g/mol. The average Bonchev–Trinajstić information content (AvgIpc) is 3.53. The van der Waals surface area contributed by atoms with Gasteiger partial charge in [-0.2, -0.15) is 0 Å². The number of furan rings is 1.